The second-order valence-electron chi connectivity index (χ2n) is 13.5. The van der Waals surface area contributed by atoms with Crippen LogP contribution in [0, 0.1) is 18.4 Å². The highest BCUT2D eigenvalue weighted by Gasteiger charge is 2.21. The van der Waals surface area contributed by atoms with Gasteiger partial charge in [0.2, 0.25) is 0 Å². The molecule has 0 saturated carbocycles. The van der Waals surface area contributed by atoms with Gasteiger partial charge in [0.25, 0.3) is 5.56 Å². The van der Waals surface area contributed by atoms with Crippen LogP contribution in [0.4, 0.5) is 5.82 Å². The molecule has 1 atom stereocenters. The van der Waals surface area contributed by atoms with Gasteiger partial charge in [-0.05, 0) is 49.7 Å². The Bertz CT molecular complexity index is 1940. The van der Waals surface area contributed by atoms with Crippen molar-refractivity contribution < 1.29 is 4.74 Å². The predicted octanol–water partition coefficient (Wildman–Crippen LogP) is 6.55. The van der Waals surface area contributed by atoms with E-state index in [1.165, 1.54) is 6.33 Å². The molecule has 44 heavy (non-hydrogen) atoms. The molecule has 0 amide bonds. The Labute approximate surface area is 260 Å². The molecule has 11 heteroatoms. The lowest BCUT2D eigenvalue weighted by atomic mass is 10.1. The number of ether oxygens (including phenoxy) is 1. The van der Waals surface area contributed by atoms with Crippen LogP contribution in [0.5, 0.6) is 0 Å². The first-order valence-electron chi connectivity index (χ1n) is 15.0. The molecule has 0 saturated heterocycles. The first-order chi connectivity index (χ1) is 20.8. The van der Waals surface area contributed by atoms with E-state index < -0.39 is 22.2 Å². The summed E-state index contributed by atoms with van der Waals surface area (Å²) in [6.07, 6.45) is 3.24. The molecule has 3 aromatic heterocycles. The van der Waals surface area contributed by atoms with Gasteiger partial charge in [-0.25, -0.2) is 19.9 Å². The molecule has 5 aromatic rings. The van der Waals surface area contributed by atoms with Crippen molar-refractivity contribution in [1.82, 2.24) is 29.1 Å². The number of imidazole rings is 1. The smallest absolute Gasteiger partial charge is 0.266 e. The Morgan fingerprint density at radius 1 is 1.02 bits per heavy atom. The zero-order valence-electron chi connectivity index (χ0n) is 26.9. The fourth-order valence-electron chi connectivity index (χ4n) is 4.83. The van der Waals surface area contributed by atoms with Crippen molar-refractivity contribution in [2.45, 2.75) is 71.9 Å². The number of hydrogen-bond donors (Lipinski definition) is 1. The molecule has 0 aliphatic carbocycles. The second kappa shape index (κ2) is 12.5. The van der Waals surface area contributed by atoms with Gasteiger partial charge < -0.3 is 10.1 Å². The van der Waals surface area contributed by atoms with Crippen molar-refractivity contribution in [3.05, 3.63) is 82.4 Å². The van der Waals surface area contributed by atoms with E-state index in [-0.39, 0.29) is 5.56 Å². The van der Waals surface area contributed by atoms with E-state index in [1.54, 1.807) is 10.9 Å². The SMILES string of the molecule is Cc1cccc2nc(C(C)Nc3ncnc4c3ncn4COCC[Si](C)(C)C)n(-c3cccc(C#C[Si](C)(C)C)c3)c(=O)c12. The van der Waals surface area contributed by atoms with Crippen LogP contribution in [0.2, 0.25) is 45.3 Å². The fourth-order valence-corrected chi connectivity index (χ4v) is 6.10. The molecule has 0 fully saturated rings. The summed E-state index contributed by atoms with van der Waals surface area (Å²) in [4.78, 5) is 32.8. The van der Waals surface area contributed by atoms with Crippen molar-refractivity contribution in [3.8, 4) is 17.2 Å². The van der Waals surface area contributed by atoms with Gasteiger partial charge >= 0.3 is 0 Å². The first kappa shape index (κ1) is 31.3. The third-order valence-corrected chi connectivity index (χ3v) is 9.77. The molecule has 9 nitrogen and oxygen atoms in total. The monoisotopic (exact) mass is 623 g/mol. The molecule has 2 aromatic carbocycles. The van der Waals surface area contributed by atoms with Gasteiger partial charge in [0, 0.05) is 20.2 Å². The number of anilines is 1. The average molecular weight is 624 g/mol. The van der Waals surface area contributed by atoms with Crippen LogP contribution in [-0.4, -0.2) is 51.8 Å². The molecule has 1 unspecified atom stereocenters. The van der Waals surface area contributed by atoms with Crippen LogP contribution >= 0.6 is 0 Å². The van der Waals surface area contributed by atoms with Gasteiger partial charge in [0.15, 0.2) is 17.0 Å². The highest BCUT2D eigenvalue weighted by Crippen LogP contribution is 2.25. The van der Waals surface area contributed by atoms with Gasteiger partial charge in [-0.15, -0.1) is 5.54 Å². The maximum atomic E-state index is 14.2. The normalized spacial score (nSPS) is 12.7. The third-order valence-electron chi connectivity index (χ3n) is 7.19. The third kappa shape index (κ3) is 7.15. The zero-order valence-corrected chi connectivity index (χ0v) is 28.9. The Hall–Kier alpha value is -4.12. The fraction of sp³-hybridized carbons (Fsp3) is 0.364. The van der Waals surface area contributed by atoms with Crippen molar-refractivity contribution in [2.24, 2.45) is 0 Å². The second-order valence-corrected chi connectivity index (χ2v) is 23.8. The van der Waals surface area contributed by atoms with E-state index >= 15 is 0 Å². The summed E-state index contributed by atoms with van der Waals surface area (Å²) in [6.45, 7) is 18.6. The van der Waals surface area contributed by atoms with Gasteiger partial charge in [-0.2, -0.15) is 0 Å². The molecule has 0 spiro atoms. The van der Waals surface area contributed by atoms with Crippen molar-refractivity contribution in [2.75, 3.05) is 11.9 Å². The van der Waals surface area contributed by atoms with E-state index in [2.05, 4.69) is 71.0 Å². The molecule has 0 bridgehead atoms. The van der Waals surface area contributed by atoms with Gasteiger partial charge in [0.1, 0.15) is 27.0 Å². The summed E-state index contributed by atoms with van der Waals surface area (Å²) in [7, 11) is -2.76. The lowest BCUT2D eigenvalue weighted by Crippen LogP contribution is -2.28. The summed E-state index contributed by atoms with van der Waals surface area (Å²) in [6, 6.07) is 14.2. The van der Waals surface area contributed by atoms with E-state index in [4.69, 9.17) is 9.72 Å². The lowest BCUT2D eigenvalue weighted by molar-refractivity contribution is 0.0895. The molecule has 1 N–H and O–H groups in total. The minimum atomic E-state index is -1.58. The molecule has 3 heterocycles. The van der Waals surface area contributed by atoms with Crippen LogP contribution in [0.3, 0.4) is 0 Å². The predicted molar refractivity (Wildman–Crippen MR) is 184 cm³/mol. The summed E-state index contributed by atoms with van der Waals surface area (Å²) in [5.41, 5.74) is 7.71. The highest BCUT2D eigenvalue weighted by atomic mass is 28.3. The lowest BCUT2D eigenvalue weighted by Gasteiger charge is -2.20. The number of fused-ring (bicyclic) bond motifs is 2. The molecule has 0 aliphatic rings. The first-order valence-corrected chi connectivity index (χ1v) is 22.2. The Balaban J connectivity index is 1.53. The Kier molecular flexibility index (Phi) is 8.88. The van der Waals surface area contributed by atoms with E-state index in [1.807, 2.05) is 60.9 Å². The summed E-state index contributed by atoms with van der Waals surface area (Å²) < 4.78 is 9.52. The van der Waals surface area contributed by atoms with Crippen molar-refractivity contribution in [3.63, 3.8) is 0 Å². The number of nitrogens with one attached hydrogen (secondary N) is 1. The minimum Gasteiger partial charge on any atom is -0.361 e. The summed E-state index contributed by atoms with van der Waals surface area (Å²) in [5, 5.41) is 4.07. The summed E-state index contributed by atoms with van der Waals surface area (Å²) >= 11 is 0. The van der Waals surface area contributed by atoms with Crippen molar-refractivity contribution >= 4 is 44.0 Å². The number of benzene rings is 2. The molecule has 0 radical (unpaired) electrons. The summed E-state index contributed by atoms with van der Waals surface area (Å²) in [5.74, 6) is 4.44. The average Bonchev–Trinajstić information content (AvgIpc) is 3.37. The number of hydrogen-bond acceptors (Lipinski definition) is 7. The number of aromatic nitrogens is 6. The number of nitrogens with zero attached hydrogens (tertiary/aromatic N) is 6. The number of aryl methyl sites for hydroxylation is 1. The Morgan fingerprint density at radius 2 is 1.80 bits per heavy atom. The molecule has 0 aliphatic heterocycles. The van der Waals surface area contributed by atoms with E-state index in [9.17, 15) is 4.79 Å². The molecular weight excluding hydrogens is 583 g/mol. The topological polar surface area (TPSA) is 99.8 Å². The number of rotatable bonds is 9. The van der Waals surface area contributed by atoms with Crippen LogP contribution in [0.25, 0.3) is 27.8 Å². The largest absolute Gasteiger partial charge is 0.361 e. The van der Waals surface area contributed by atoms with Crippen LogP contribution < -0.4 is 10.9 Å². The van der Waals surface area contributed by atoms with Crippen LogP contribution in [0.15, 0.2) is 59.9 Å². The molecular formula is C33H41N7O2Si2. The zero-order chi connectivity index (χ0) is 31.6. The van der Waals surface area contributed by atoms with E-state index in [0.717, 1.165) is 17.2 Å². The van der Waals surface area contributed by atoms with Crippen molar-refractivity contribution in [1.29, 1.82) is 0 Å². The Morgan fingerprint density at radius 3 is 2.55 bits per heavy atom. The van der Waals surface area contributed by atoms with Gasteiger partial charge in [-0.3, -0.25) is 13.9 Å². The van der Waals surface area contributed by atoms with Crippen LogP contribution in [0.1, 0.15) is 29.9 Å². The van der Waals surface area contributed by atoms with Crippen LogP contribution in [-0.2, 0) is 11.5 Å². The maximum Gasteiger partial charge on any atom is 0.266 e. The van der Waals surface area contributed by atoms with Gasteiger partial charge in [0.05, 0.1) is 29.0 Å². The van der Waals surface area contributed by atoms with E-state index in [0.29, 0.717) is 52.7 Å². The van der Waals surface area contributed by atoms with Gasteiger partial charge in [-0.1, -0.05) is 63.4 Å². The maximum absolute atomic E-state index is 14.2. The quantitative estimate of drug-likeness (QED) is 0.113. The standard InChI is InChI=1S/C33H41N7O2Si2/c1-23-11-9-14-27-28(23)33(41)40(26-13-10-12-25(19-26)15-17-43(3,4)5)31(38-27)24(2)37-30-29-32(35-20-34-30)39(21-36-29)22-42-16-18-44(6,7)8/h9-14,19-21,24H,16,18,22H2,1-8H3,(H,34,35,37). The molecule has 5 rings (SSSR count). The molecule has 228 valence electrons. The minimum absolute atomic E-state index is 0.125. The highest BCUT2D eigenvalue weighted by molar-refractivity contribution is 6.83.